The van der Waals surface area contributed by atoms with Crippen molar-refractivity contribution in [3.05, 3.63) is 272 Å². The van der Waals surface area contributed by atoms with Crippen LogP contribution in [-0.2, 0) is 0 Å². The van der Waals surface area contributed by atoms with Crippen molar-refractivity contribution in [3.63, 3.8) is 0 Å². The maximum atomic E-state index is 5.16. The summed E-state index contributed by atoms with van der Waals surface area (Å²) in [6, 6.07) is 85.4. The van der Waals surface area contributed by atoms with Crippen LogP contribution in [0.25, 0.3) is 133 Å². The van der Waals surface area contributed by atoms with Gasteiger partial charge in [0.25, 0.3) is 0 Å². The molecule has 0 aliphatic heterocycles. The molecule has 76 heavy (non-hydrogen) atoms. The molecule has 0 atom stereocenters. The number of pyridine rings is 3. The van der Waals surface area contributed by atoms with Gasteiger partial charge < -0.3 is 0 Å². The number of benzene rings is 10. The summed E-state index contributed by atoms with van der Waals surface area (Å²) in [6.45, 7) is 6.66. The van der Waals surface area contributed by atoms with E-state index in [1.54, 1.807) is 0 Å². The average molecular weight is 974 g/mol. The number of hydrogen-bond donors (Lipinski definition) is 0. The maximum absolute atomic E-state index is 5.16. The second-order valence-corrected chi connectivity index (χ2v) is 19.7. The van der Waals surface area contributed by atoms with Crippen molar-refractivity contribution in [2.45, 2.75) is 28.2 Å². The first-order valence-corrected chi connectivity index (χ1v) is 25.7. The largest absolute Gasteiger partial charge is 0.256 e. The number of hydrogen-bond acceptors (Lipinski definition) is 3. The van der Waals surface area contributed by atoms with Crippen LogP contribution in [0.4, 0.5) is 0 Å². The van der Waals surface area contributed by atoms with Crippen LogP contribution in [0.3, 0.4) is 0 Å². The maximum Gasteiger partial charge on any atom is 0.0705 e. The third kappa shape index (κ3) is 8.62. The molecule has 0 aliphatic rings. The van der Waals surface area contributed by atoms with E-state index in [1.807, 2.05) is 0 Å². The standard InChI is InChI=1S/C72H51N3.CH4/c1-46-37-67(52-22-7-4-8-23-52)73-43-64(46)70-58-28-16-13-19-49(58)31-34-61(70)55-40-56(62-35-32-50-20-14-17-29-59(50)71(62)65-44-74-68(38-47(65)2)53-24-9-5-10-25-53)42-57(41-55)63-36-33-51-21-15-18-30-60(51)72(63)66-45-75-69(39-48(66)3)54-26-11-6-12-27-54;/h4-45H,1-3H3;1H4. The summed E-state index contributed by atoms with van der Waals surface area (Å²) in [5.74, 6) is 0. The minimum Gasteiger partial charge on any atom is -0.256 e. The summed E-state index contributed by atoms with van der Waals surface area (Å²) in [5, 5.41) is 7.07. The Labute approximate surface area is 445 Å². The van der Waals surface area contributed by atoms with Crippen LogP contribution >= 0.6 is 0 Å². The molecule has 3 nitrogen and oxygen atoms in total. The van der Waals surface area contributed by atoms with Gasteiger partial charge in [-0.2, -0.15) is 0 Å². The van der Waals surface area contributed by atoms with Crippen molar-refractivity contribution in [3.8, 4) is 101 Å². The molecule has 10 aromatic carbocycles. The number of fused-ring (bicyclic) bond motifs is 3. The summed E-state index contributed by atoms with van der Waals surface area (Å²) in [7, 11) is 0. The molecule has 3 heteroatoms. The van der Waals surface area contributed by atoms with Crippen LogP contribution in [-0.4, -0.2) is 15.0 Å². The molecule has 13 rings (SSSR count). The lowest BCUT2D eigenvalue weighted by Gasteiger charge is -2.21. The smallest absolute Gasteiger partial charge is 0.0705 e. The zero-order valence-corrected chi connectivity index (χ0v) is 42.1. The van der Waals surface area contributed by atoms with Crippen molar-refractivity contribution < 1.29 is 0 Å². The van der Waals surface area contributed by atoms with Gasteiger partial charge in [-0.3, -0.25) is 15.0 Å². The first-order valence-electron chi connectivity index (χ1n) is 25.7. The molecule has 0 bridgehead atoms. The first-order chi connectivity index (χ1) is 36.9. The quantitative estimate of drug-likeness (QED) is 0.145. The number of aromatic nitrogens is 3. The van der Waals surface area contributed by atoms with E-state index in [1.165, 1.54) is 32.3 Å². The highest BCUT2D eigenvalue weighted by Gasteiger charge is 2.23. The molecule has 13 aromatic rings. The van der Waals surface area contributed by atoms with Gasteiger partial charge in [-0.25, -0.2) is 0 Å². The highest BCUT2D eigenvalue weighted by Crippen LogP contribution is 2.48. The topological polar surface area (TPSA) is 38.7 Å². The highest BCUT2D eigenvalue weighted by atomic mass is 14.7. The Hall–Kier alpha value is -9.57. The molecule has 0 saturated heterocycles. The van der Waals surface area contributed by atoms with E-state index >= 15 is 0 Å². The van der Waals surface area contributed by atoms with Crippen LogP contribution in [0, 0.1) is 20.8 Å². The average Bonchev–Trinajstić information content (AvgIpc) is 3.56. The molecule has 3 heterocycles. The molecule has 0 radical (unpaired) electrons. The second kappa shape index (κ2) is 20.0. The van der Waals surface area contributed by atoms with E-state index in [0.717, 1.165) is 117 Å². The normalized spacial score (nSPS) is 11.2. The van der Waals surface area contributed by atoms with Crippen LogP contribution in [0.5, 0.6) is 0 Å². The van der Waals surface area contributed by atoms with Gasteiger partial charge >= 0.3 is 0 Å². The third-order valence-electron chi connectivity index (χ3n) is 15.0. The zero-order valence-electron chi connectivity index (χ0n) is 42.1. The molecular formula is C73H55N3. The van der Waals surface area contributed by atoms with Gasteiger partial charge in [0.05, 0.1) is 17.1 Å². The highest BCUT2D eigenvalue weighted by molar-refractivity contribution is 6.10. The van der Waals surface area contributed by atoms with Crippen molar-refractivity contribution in [2.24, 2.45) is 0 Å². The fraction of sp³-hybridized carbons (Fsp3) is 0.0548. The Morgan fingerprint density at radius 3 is 0.776 bits per heavy atom. The molecule has 0 amide bonds. The van der Waals surface area contributed by atoms with Crippen molar-refractivity contribution >= 4 is 32.3 Å². The van der Waals surface area contributed by atoms with E-state index < -0.39 is 0 Å². The lowest BCUT2D eigenvalue weighted by molar-refractivity contribution is 1.29. The third-order valence-corrected chi connectivity index (χ3v) is 15.0. The predicted octanol–water partition coefficient (Wildman–Crippen LogP) is 19.9. The van der Waals surface area contributed by atoms with Crippen LogP contribution in [0.15, 0.2) is 255 Å². The Bertz CT molecular complexity index is 3860. The molecule has 0 unspecified atom stereocenters. The molecular weight excluding hydrogens is 919 g/mol. The second-order valence-electron chi connectivity index (χ2n) is 19.7. The molecule has 0 fully saturated rings. The van der Waals surface area contributed by atoms with Gasteiger partial charge in [0.2, 0.25) is 0 Å². The molecule has 362 valence electrons. The summed E-state index contributed by atoms with van der Waals surface area (Å²) in [4.78, 5) is 15.5. The molecule has 0 N–H and O–H groups in total. The Balaban J connectivity index is 0.00000582. The predicted molar refractivity (Wildman–Crippen MR) is 322 cm³/mol. The Morgan fingerprint density at radius 1 is 0.237 bits per heavy atom. The summed E-state index contributed by atoms with van der Waals surface area (Å²) < 4.78 is 0. The number of rotatable bonds is 9. The van der Waals surface area contributed by atoms with E-state index in [2.05, 4.69) is 276 Å². The summed E-state index contributed by atoms with van der Waals surface area (Å²) >= 11 is 0. The molecule has 0 spiro atoms. The van der Waals surface area contributed by atoms with Gasteiger partial charge in [-0.15, -0.1) is 0 Å². The van der Waals surface area contributed by atoms with Crippen molar-refractivity contribution in [1.29, 1.82) is 0 Å². The van der Waals surface area contributed by atoms with E-state index in [4.69, 9.17) is 15.0 Å². The van der Waals surface area contributed by atoms with Gasteiger partial charge in [0.15, 0.2) is 0 Å². The Morgan fingerprint density at radius 2 is 0.500 bits per heavy atom. The van der Waals surface area contributed by atoms with Gasteiger partial charge in [0.1, 0.15) is 0 Å². The fourth-order valence-corrected chi connectivity index (χ4v) is 11.3. The van der Waals surface area contributed by atoms with Crippen molar-refractivity contribution in [1.82, 2.24) is 15.0 Å². The number of nitrogens with zero attached hydrogens (tertiary/aromatic N) is 3. The van der Waals surface area contributed by atoms with Crippen LogP contribution in [0.1, 0.15) is 24.1 Å². The fourth-order valence-electron chi connectivity index (χ4n) is 11.3. The monoisotopic (exact) mass is 973 g/mol. The zero-order chi connectivity index (χ0) is 50.4. The SMILES string of the molecule is C.Cc1cc(-c2ccccc2)ncc1-c1c(-c2cc(-c3ccc4ccccc4c3-c3cnc(-c4ccccc4)cc3C)cc(-c3ccc4ccccc4c3-c3cnc(-c4ccccc4)cc3C)c2)ccc2ccccc12. The van der Waals surface area contributed by atoms with E-state index in [0.29, 0.717) is 0 Å². The van der Waals surface area contributed by atoms with Crippen LogP contribution < -0.4 is 0 Å². The molecule has 3 aromatic heterocycles. The van der Waals surface area contributed by atoms with E-state index in [-0.39, 0.29) is 7.43 Å². The lowest BCUT2D eigenvalue weighted by Crippen LogP contribution is -1.97. The number of aryl methyl sites for hydroxylation is 3. The minimum atomic E-state index is 0. The van der Waals surface area contributed by atoms with Crippen molar-refractivity contribution in [2.75, 3.05) is 0 Å². The summed E-state index contributed by atoms with van der Waals surface area (Å²) in [5.41, 5.74) is 23.2. The van der Waals surface area contributed by atoms with Crippen LogP contribution in [0.2, 0.25) is 0 Å². The Kier molecular flexibility index (Phi) is 12.5. The minimum absolute atomic E-state index is 0. The summed E-state index contributed by atoms with van der Waals surface area (Å²) in [6.07, 6.45) is 6.25. The van der Waals surface area contributed by atoms with E-state index in [9.17, 15) is 0 Å². The molecule has 0 saturated carbocycles. The molecule has 0 aliphatic carbocycles. The van der Waals surface area contributed by atoms with Gasteiger partial charge in [0, 0.05) is 52.0 Å². The van der Waals surface area contributed by atoms with Gasteiger partial charge in [-0.1, -0.05) is 208 Å². The first kappa shape index (κ1) is 47.4. The lowest BCUT2D eigenvalue weighted by atomic mass is 9.82. The van der Waals surface area contributed by atoms with Gasteiger partial charge in [-0.05, 0) is 156 Å².